The minimum absolute atomic E-state index is 0.0523. The summed E-state index contributed by atoms with van der Waals surface area (Å²) in [7, 11) is 0. The van der Waals surface area contributed by atoms with E-state index >= 15 is 0 Å². The van der Waals surface area contributed by atoms with Gasteiger partial charge in [-0.2, -0.15) is 0 Å². The standard InChI is InChI=1S/C20H21F2NO3/c21-15-5-7-16(8-6-15)25-13-14-26-17-9-11-23(12-10-17)20(24)18-3-1-2-4-19(18)22/h1-8,17H,9-14H2. The Morgan fingerprint density at radius 1 is 1.00 bits per heavy atom. The summed E-state index contributed by atoms with van der Waals surface area (Å²) >= 11 is 0. The van der Waals surface area contributed by atoms with Crippen molar-refractivity contribution in [1.82, 2.24) is 4.90 Å². The molecule has 2 aromatic carbocycles. The number of benzene rings is 2. The summed E-state index contributed by atoms with van der Waals surface area (Å²) < 4.78 is 37.8. The maximum atomic E-state index is 13.7. The summed E-state index contributed by atoms with van der Waals surface area (Å²) in [5, 5.41) is 0. The Labute approximate surface area is 151 Å². The quantitative estimate of drug-likeness (QED) is 0.737. The summed E-state index contributed by atoms with van der Waals surface area (Å²) in [6.07, 6.45) is 1.46. The van der Waals surface area contributed by atoms with Crippen LogP contribution in [0.15, 0.2) is 48.5 Å². The Morgan fingerprint density at radius 3 is 2.38 bits per heavy atom. The van der Waals surface area contributed by atoms with Crippen LogP contribution in [0, 0.1) is 11.6 Å². The topological polar surface area (TPSA) is 38.8 Å². The third kappa shape index (κ3) is 4.79. The first kappa shape index (κ1) is 18.3. The summed E-state index contributed by atoms with van der Waals surface area (Å²) in [5.74, 6) is -0.472. The van der Waals surface area contributed by atoms with Gasteiger partial charge in [0.15, 0.2) is 0 Å². The van der Waals surface area contributed by atoms with Crippen LogP contribution in [-0.2, 0) is 4.74 Å². The van der Waals surface area contributed by atoms with E-state index in [2.05, 4.69) is 0 Å². The Balaban J connectivity index is 1.38. The fraction of sp³-hybridized carbons (Fsp3) is 0.350. The molecule has 0 unspecified atom stereocenters. The van der Waals surface area contributed by atoms with Gasteiger partial charge in [-0.1, -0.05) is 12.1 Å². The van der Waals surface area contributed by atoms with E-state index in [4.69, 9.17) is 9.47 Å². The number of rotatable bonds is 6. The van der Waals surface area contributed by atoms with E-state index in [-0.39, 0.29) is 23.4 Å². The van der Waals surface area contributed by atoms with Crippen molar-refractivity contribution in [2.24, 2.45) is 0 Å². The molecule has 0 spiro atoms. The van der Waals surface area contributed by atoms with Gasteiger partial charge in [0.2, 0.25) is 0 Å². The van der Waals surface area contributed by atoms with Crippen molar-refractivity contribution in [1.29, 1.82) is 0 Å². The molecule has 1 fully saturated rings. The Bertz CT molecular complexity index is 728. The number of likely N-dealkylation sites (tertiary alicyclic amines) is 1. The molecule has 0 atom stereocenters. The predicted octanol–water partition coefficient (Wildman–Crippen LogP) is 3.67. The van der Waals surface area contributed by atoms with Crippen LogP contribution in [0.25, 0.3) is 0 Å². The SMILES string of the molecule is O=C(c1ccccc1F)N1CCC(OCCOc2ccc(F)cc2)CC1. The van der Waals surface area contributed by atoms with Gasteiger partial charge < -0.3 is 14.4 Å². The highest BCUT2D eigenvalue weighted by Gasteiger charge is 2.25. The number of hydrogen-bond donors (Lipinski definition) is 0. The van der Waals surface area contributed by atoms with Crippen molar-refractivity contribution < 1.29 is 23.0 Å². The van der Waals surface area contributed by atoms with Crippen LogP contribution in [0.2, 0.25) is 0 Å². The van der Waals surface area contributed by atoms with Crippen molar-refractivity contribution in [3.63, 3.8) is 0 Å². The predicted molar refractivity (Wildman–Crippen MR) is 93.2 cm³/mol. The van der Waals surface area contributed by atoms with Crippen molar-refractivity contribution in [3.8, 4) is 5.75 Å². The van der Waals surface area contributed by atoms with E-state index < -0.39 is 5.82 Å². The Morgan fingerprint density at radius 2 is 1.69 bits per heavy atom. The molecule has 0 bridgehead atoms. The van der Waals surface area contributed by atoms with Gasteiger partial charge in [0.25, 0.3) is 5.91 Å². The largest absolute Gasteiger partial charge is 0.491 e. The molecule has 0 aliphatic carbocycles. The zero-order valence-electron chi connectivity index (χ0n) is 14.4. The van der Waals surface area contributed by atoms with E-state index in [0.29, 0.717) is 44.9 Å². The first-order valence-electron chi connectivity index (χ1n) is 8.67. The van der Waals surface area contributed by atoms with E-state index in [0.717, 1.165) is 0 Å². The third-order valence-corrected chi connectivity index (χ3v) is 4.35. The fourth-order valence-corrected chi connectivity index (χ4v) is 2.94. The molecule has 1 aliphatic rings. The lowest BCUT2D eigenvalue weighted by Gasteiger charge is -2.32. The van der Waals surface area contributed by atoms with Crippen molar-refractivity contribution in [2.75, 3.05) is 26.3 Å². The average Bonchev–Trinajstić information content (AvgIpc) is 2.67. The van der Waals surface area contributed by atoms with Crippen LogP contribution < -0.4 is 4.74 Å². The molecule has 1 saturated heterocycles. The average molecular weight is 361 g/mol. The van der Waals surface area contributed by atoms with E-state index in [1.54, 1.807) is 29.2 Å². The van der Waals surface area contributed by atoms with Gasteiger partial charge >= 0.3 is 0 Å². The highest BCUT2D eigenvalue weighted by molar-refractivity contribution is 5.94. The lowest BCUT2D eigenvalue weighted by atomic mass is 10.1. The van der Waals surface area contributed by atoms with Gasteiger partial charge in [-0.05, 0) is 49.2 Å². The molecule has 6 heteroatoms. The highest BCUT2D eigenvalue weighted by Crippen LogP contribution is 2.18. The Kier molecular flexibility index (Phi) is 6.17. The minimum atomic E-state index is -0.492. The monoisotopic (exact) mass is 361 g/mol. The molecule has 0 N–H and O–H groups in total. The molecule has 138 valence electrons. The number of carbonyl (C=O) groups excluding carboxylic acids is 1. The third-order valence-electron chi connectivity index (χ3n) is 4.35. The molecule has 1 amide bonds. The highest BCUT2D eigenvalue weighted by atomic mass is 19.1. The number of amides is 1. The number of halogens is 2. The molecule has 2 aromatic rings. The maximum Gasteiger partial charge on any atom is 0.256 e. The minimum Gasteiger partial charge on any atom is -0.491 e. The van der Waals surface area contributed by atoms with Crippen LogP contribution in [0.4, 0.5) is 8.78 Å². The molecule has 4 nitrogen and oxygen atoms in total. The molecule has 0 saturated carbocycles. The molecule has 1 aliphatic heterocycles. The number of carbonyl (C=O) groups is 1. The van der Waals surface area contributed by atoms with Crippen molar-refractivity contribution >= 4 is 5.91 Å². The lowest BCUT2D eigenvalue weighted by molar-refractivity contribution is -0.00246. The number of piperidine rings is 1. The Hall–Kier alpha value is -2.47. The second-order valence-electron chi connectivity index (χ2n) is 6.14. The van der Waals surface area contributed by atoms with Gasteiger partial charge in [-0.15, -0.1) is 0 Å². The normalized spacial score (nSPS) is 15.1. The number of nitrogens with zero attached hydrogens (tertiary/aromatic N) is 1. The van der Waals surface area contributed by atoms with E-state index in [1.807, 2.05) is 0 Å². The van der Waals surface area contributed by atoms with Crippen molar-refractivity contribution in [2.45, 2.75) is 18.9 Å². The van der Waals surface area contributed by atoms with Gasteiger partial charge in [0.05, 0.1) is 18.3 Å². The first-order chi connectivity index (χ1) is 12.6. The van der Waals surface area contributed by atoms with Gasteiger partial charge in [-0.25, -0.2) is 8.78 Å². The van der Waals surface area contributed by atoms with E-state index in [1.165, 1.54) is 24.3 Å². The van der Waals surface area contributed by atoms with Crippen LogP contribution in [0.3, 0.4) is 0 Å². The number of hydrogen-bond acceptors (Lipinski definition) is 3. The second-order valence-corrected chi connectivity index (χ2v) is 6.14. The van der Waals surface area contributed by atoms with E-state index in [9.17, 15) is 13.6 Å². The summed E-state index contributed by atoms with van der Waals surface area (Å²) in [4.78, 5) is 14.0. The fourth-order valence-electron chi connectivity index (χ4n) is 2.94. The molecule has 3 rings (SSSR count). The maximum absolute atomic E-state index is 13.7. The van der Waals surface area contributed by atoms with Crippen LogP contribution in [0.1, 0.15) is 23.2 Å². The van der Waals surface area contributed by atoms with Crippen LogP contribution >= 0.6 is 0 Å². The van der Waals surface area contributed by atoms with Gasteiger partial charge in [0, 0.05) is 13.1 Å². The zero-order chi connectivity index (χ0) is 18.4. The molecular weight excluding hydrogens is 340 g/mol. The summed E-state index contributed by atoms with van der Waals surface area (Å²) in [6.45, 7) is 1.87. The zero-order valence-corrected chi connectivity index (χ0v) is 14.4. The van der Waals surface area contributed by atoms with Gasteiger partial charge in [0.1, 0.15) is 24.0 Å². The smallest absolute Gasteiger partial charge is 0.256 e. The molecular formula is C20H21F2NO3. The molecule has 0 aromatic heterocycles. The number of ether oxygens (including phenoxy) is 2. The second kappa shape index (κ2) is 8.76. The molecule has 0 radical (unpaired) electrons. The lowest BCUT2D eigenvalue weighted by Crippen LogP contribution is -2.41. The molecule has 26 heavy (non-hydrogen) atoms. The van der Waals surface area contributed by atoms with Crippen LogP contribution in [-0.4, -0.2) is 43.2 Å². The summed E-state index contributed by atoms with van der Waals surface area (Å²) in [6, 6.07) is 11.9. The molecule has 1 heterocycles. The first-order valence-corrected chi connectivity index (χ1v) is 8.67. The summed E-state index contributed by atoms with van der Waals surface area (Å²) in [5.41, 5.74) is 0.111. The van der Waals surface area contributed by atoms with Gasteiger partial charge in [-0.3, -0.25) is 4.79 Å². The van der Waals surface area contributed by atoms with Crippen molar-refractivity contribution in [3.05, 3.63) is 65.7 Å². The van der Waals surface area contributed by atoms with Crippen LogP contribution in [0.5, 0.6) is 5.75 Å².